The van der Waals surface area contributed by atoms with E-state index in [1.54, 1.807) is 60.7 Å². The molecule has 18 heteroatoms. The number of ether oxygens (including phenoxy) is 2. The van der Waals surface area contributed by atoms with Gasteiger partial charge in [-0.3, -0.25) is 4.55 Å². The Balaban J connectivity index is 1.33. The molecular weight excluding hydrogens is 750 g/mol. The van der Waals surface area contributed by atoms with Crippen molar-refractivity contribution in [3.63, 3.8) is 0 Å². The average Bonchev–Trinajstić information content (AvgIpc) is 3.06. The lowest BCUT2D eigenvalue weighted by atomic mass is 10.2. The van der Waals surface area contributed by atoms with Crippen LogP contribution in [0.15, 0.2) is 92.6 Å². The molecular formula is C30H16Cl4N4O8S2. The van der Waals surface area contributed by atoms with Gasteiger partial charge in [-0.1, -0.05) is 51.4 Å². The summed E-state index contributed by atoms with van der Waals surface area (Å²) in [5.74, 6) is 0.481. The standard InChI is InChI=1S/C30H16Cl4N4O8S2/c31-13-1-5-15(6-2-13)35-19-9-21-17(11-23(19)47-46-45-39)37-27-25(33)30-28(26(34)29(27)43-21)38-18-12-24(48(40,41)42)20(10-22(18)44-30)36-16-7-3-14(32)4-8-16/h1-12,35-36,39H,(H,40,41,42). The maximum absolute atomic E-state index is 12.4. The van der Waals surface area contributed by atoms with Crippen LogP contribution in [0.4, 0.5) is 34.1 Å². The fourth-order valence-electron chi connectivity index (χ4n) is 4.81. The van der Waals surface area contributed by atoms with Gasteiger partial charge < -0.3 is 20.1 Å². The molecule has 48 heavy (non-hydrogen) atoms. The minimum Gasteiger partial charge on any atom is -0.451 e. The number of rotatable bonds is 8. The van der Waals surface area contributed by atoms with Crippen LogP contribution in [0.1, 0.15) is 0 Å². The van der Waals surface area contributed by atoms with Gasteiger partial charge >= 0.3 is 0 Å². The molecule has 0 amide bonds. The number of hydrogen-bond donors (Lipinski definition) is 4. The van der Waals surface area contributed by atoms with Gasteiger partial charge in [-0.25, -0.2) is 15.2 Å². The summed E-state index contributed by atoms with van der Waals surface area (Å²) in [6.07, 6.45) is 0. The number of fused-ring (bicyclic) bond motifs is 4. The van der Waals surface area contributed by atoms with Crippen molar-refractivity contribution in [2.24, 2.45) is 9.98 Å². The van der Waals surface area contributed by atoms with Crippen molar-refractivity contribution in [3.05, 3.63) is 104 Å². The lowest BCUT2D eigenvalue weighted by Gasteiger charge is -2.23. The van der Waals surface area contributed by atoms with Crippen LogP contribution in [0.25, 0.3) is 0 Å². The molecule has 0 bridgehead atoms. The highest BCUT2D eigenvalue weighted by molar-refractivity contribution is 7.94. The monoisotopic (exact) mass is 764 g/mol. The van der Waals surface area contributed by atoms with Crippen LogP contribution in [0.5, 0.6) is 23.0 Å². The Hall–Kier alpha value is -3.80. The van der Waals surface area contributed by atoms with Crippen molar-refractivity contribution >= 4 is 103 Å². The molecule has 4 N–H and O–H groups in total. The van der Waals surface area contributed by atoms with Crippen LogP contribution < -0.4 is 30.8 Å². The second-order valence-electron chi connectivity index (χ2n) is 10.0. The van der Waals surface area contributed by atoms with Gasteiger partial charge in [-0.2, -0.15) is 8.42 Å². The predicted molar refractivity (Wildman–Crippen MR) is 181 cm³/mol. The largest absolute Gasteiger partial charge is 0.451 e. The van der Waals surface area contributed by atoms with Crippen LogP contribution in [-0.2, 0) is 19.5 Å². The number of nitrogens with zero attached hydrogens (tertiary/aromatic N) is 2. The van der Waals surface area contributed by atoms with E-state index in [-0.39, 0.29) is 55.1 Å². The first-order valence-corrected chi connectivity index (χ1v) is 17.1. The summed E-state index contributed by atoms with van der Waals surface area (Å²) in [5, 5.41) is 19.9. The normalized spacial score (nSPS) is 12.6. The zero-order chi connectivity index (χ0) is 33.7. The van der Waals surface area contributed by atoms with Crippen molar-refractivity contribution in [1.29, 1.82) is 0 Å². The molecule has 7 rings (SSSR count). The van der Waals surface area contributed by atoms with Crippen LogP contribution in [0.2, 0.25) is 20.1 Å². The Morgan fingerprint density at radius 2 is 1.19 bits per heavy atom. The summed E-state index contributed by atoms with van der Waals surface area (Å²) in [4.78, 5) is 9.19. The van der Waals surface area contributed by atoms with Crippen molar-refractivity contribution in [3.8, 4) is 23.0 Å². The highest BCUT2D eigenvalue weighted by Gasteiger charge is 2.30. The van der Waals surface area contributed by atoms with E-state index in [4.69, 9.17) is 65.5 Å². The molecule has 12 nitrogen and oxygen atoms in total. The van der Waals surface area contributed by atoms with Crippen LogP contribution in [0, 0.1) is 0 Å². The summed E-state index contributed by atoms with van der Waals surface area (Å²) in [6, 6.07) is 19.1. The highest BCUT2D eigenvalue weighted by atomic mass is 35.5. The molecule has 0 unspecified atom stereocenters. The molecule has 244 valence electrons. The van der Waals surface area contributed by atoms with Gasteiger partial charge in [0.05, 0.1) is 28.3 Å². The van der Waals surface area contributed by atoms with Crippen molar-refractivity contribution in [1.82, 2.24) is 0 Å². The van der Waals surface area contributed by atoms with E-state index < -0.39 is 15.0 Å². The molecule has 0 atom stereocenters. The van der Waals surface area contributed by atoms with E-state index in [0.717, 1.165) is 6.07 Å². The number of benzene rings is 5. The second kappa shape index (κ2) is 12.9. The summed E-state index contributed by atoms with van der Waals surface area (Å²) in [6.45, 7) is 0. The SMILES string of the molecule is O=S(=O)(O)c1cc2c(cc1Nc1ccc(Cl)cc1)Oc1c(Cl)c3c(c(Cl)c1=N2)Oc1cc(Nc2ccc(Cl)cc2)c(SOOO)cc1N=3. The van der Waals surface area contributed by atoms with Gasteiger partial charge in [0.15, 0.2) is 23.0 Å². The van der Waals surface area contributed by atoms with E-state index in [2.05, 4.69) is 25.7 Å². The molecule has 0 saturated carbocycles. The third-order valence-corrected chi connectivity index (χ3v) is 9.68. The van der Waals surface area contributed by atoms with Gasteiger partial charge in [0.2, 0.25) is 0 Å². The Kier molecular flexibility index (Phi) is 8.80. The minimum absolute atomic E-state index is 0.00136. The zero-order valence-corrected chi connectivity index (χ0v) is 28.2. The van der Waals surface area contributed by atoms with Crippen LogP contribution in [0.3, 0.4) is 0 Å². The molecule has 0 saturated heterocycles. The number of nitrogens with one attached hydrogen (secondary N) is 2. The number of hydrogen-bond acceptors (Lipinski definition) is 12. The van der Waals surface area contributed by atoms with Gasteiger partial charge in [0.25, 0.3) is 10.1 Å². The van der Waals surface area contributed by atoms with Gasteiger partial charge in [-0.05, 0) is 60.7 Å². The van der Waals surface area contributed by atoms with E-state index in [1.807, 2.05) is 0 Å². The van der Waals surface area contributed by atoms with Crippen LogP contribution >= 0.6 is 58.4 Å². The fraction of sp³-hybridized carbons (Fsp3) is 0. The Morgan fingerprint density at radius 1 is 0.708 bits per heavy atom. The third-order valence-electron chi connectivity index (χ3n) is 6.93. The molecule has 2 aliphatic heterocycles. The van der Waals surface area contributed by atoms with E-state index in [0.29, 0.717) is 49.7 Å². The first-order valence-electron chi connectivity index (χ1n) is 13.4. The summed E-state index contributed by atoms with van der Waals surface area (Å²) < 4.78 is 51.8. The first-order chi connectivity index (χ1) is 23.0. The zero-order valence-electron chi connectivity index (χ0n) is 23.5. The predicted octanol–water partition coefficient (Wildman–Crippen LogP) is 9.58. The maximum atomic E-state index is 12.4. The van der Waals surface area contributed by atoms with Crippen molar-refractivity contribution in [2.45, 2.75) is 9.79 Å². The van der Waals surface area contributed by atoms with E-state index in [9.17, 15) is 13.0 Å². The molecule has 0 fully saturated rings. The third kappa shape index (κ3) is 6.35. The van der Waals surface area contributed by atoms with Gasteiger partial charge in [0.1, 0.15) is 37.0 Å². The van der Waals surface area contributed by atoms with E-state index in [1.165, 1.54) is 6.07 Å². The molecule has 2 aliphatic rings. The molecule has 5 aromatic carbocycles. The summed E-state index contributed by atoms with van der Waals surface area (Å²) in [5.41, 5.74) is 2.03. The quantitative estimate of drug-likeness (QED) is 0.0505. The van der Waals surface area contributed by atoms with Crippen molar-refractivity contribution in [2.75, 3.05) is 10.6 Å². The van der Waals surface area contributed by atoms with Gasteiger partial charge in [-0.15, -0.1) is 4.33 Å². The second-order valence-corrected chi connectivity index (χ2v) is 13.8. The molecule has 0 aromatic heterocycles. The summed E-state index contributed by atoms with van der Waals surface area (Å²) >= 11 is 26.3. The lowest BCUT2D eigenvalue weighted by Crippen LogP contribution is -2.22. The number of anilines is 4. The molecule has 0 radical (unpaired) electrons. The van der Waals surface area contributed by atoms with Crippen molar-refractivity contribution < 1.29 is 37.1 Å². The minimum atomic E-state index is -4.72. The van der Waals surface area contributed by atoms with Gasteiger partial charge in [0, 0.05) is 33.6 Å². The Morgan fingerprint density at radius 3 is 1.69 bits per heavy atom. The van der Waals surface area contributed by atoms with Crippen LogP contribution in [-0.4, -0.2) is 18.2 Å². The Labute approximate surface area is 295 Å². The number of halogens is 4. The maximum Gasteiger partial charge on any atom is 0.296 e. The Bertz CT molecular complexity index is 2370. The average molecular weight is 766 g/mol. The first kappa shape index (κ1) is 32.7. The van der Waals surface area contributed by atoms with E-state index >= 15 is 0 Å². The smallest absolute Gasteiger partial charge is 0.296 e. The molecule has 2 heterocycles. The topological polar surface area (TPSA) is 160 Å². The fourth-order valence-corrected chi connectivity index (χ4v) is 6.69. The molecule has 5 aromatic rings. The highest BCUT2D eigenvalue weighted by Crippen LogP contribution is 2.47. The molecule has 0 aliphatic carbocycles. The molecule has 0 spiro atoms. The lowest BCUT2D eigenvalue weighted by molar-refractivity contribution is -0.432. The summed E-state index contributed by atoms with van der Waals surface area (Å²) in [7, 11) is -4.72.